The molecule has 0 aromatic rings. The van der Waals surface area contributed by atoms with Crippen molar-refractivity contribution < 1.29 is 9.84 Å². The first kappa shape index (κ1) is 21.0. The number of rotatable bonds is 12. The van der Waals surface area contributed by atoms with Gasteiger partial charge in [-0.2, -0.15) is 12.6 Å². The minimum Gasteiger partial charge on any atom is -0.368 e. The fraction of sp³-hybridized carbons (Fsp3) is 0.889. The van der Waals surface area contributed by atoms with E-state index in [4.69, 9.17) is 4.74 Å². The maximum atomic E-state index is 9.52. The van der Waals surface area contributed by atoms with E-state index in [1.807, 2.05) is 0 Å². The summed E-state index contributed by atoms with van der Waals surface area (Å²) in [4.78, 5) is 0. The van der Waals surface area contributed by atoms with Crippen LogP contribution in [0.2, 0.25) is 0 Å². The summed E-state index contributed by atoms with van der Waals surface area (Å²) in [6.07, 6.45) is 11.7. The highest BCUT2D eigenvalue weighted by Gasteiger charge is 2.17. The molecule has 3 heteroatoms. The molecule has 0 aliphatic rings. The van der Waals surface area contributed by atoms with Crippen molar-refractivity contribution in [3.05, 3.63) is 12.2 Å². The molecule has 0 aromatic heterocycles. The smallest absolute Gasteiger partial charge is 0.155 e. The molecule has 0 aliphatic carbocycles. The Morgan fingerprint density at radius 3 is 2.38 bits per heavy atom. The molecule has 21 heavy (non-hydrogen) atoms. The highest BCUT2D eigenvalue weighted by atomic mass is 32.1. The van der Waals surface area contributed by atoms with E-state index in [0.29, 0.717) is 11.8 Å². The van der Waals surface area contributed by atoms with E-state index in [2.05, 4.69) is 59.4 Å². The van der Waals surface area contributed by atoms with Crippen LogP contribution in [0.5, 0.6) is 0 Å². The van der Waals surface area contributed by atoms with Gasteiger partial charge in [0, 0.05) is 0 Å². The van der Waals surface area contributed by atoms with Crippen LogP contribution in [0.1, 0.15) is 79.6 Å². The molecule has 1 atom stereocenters. The second-order valence-corrected chi connectivity index (χ2v) is 7.76. The lowest BCUT2D eigenvalue weighted by atomic mass is 9.81. The minimum atomic E-state index is -0.671. The Kier molecular flexibility index (Phi) is 10.7. The zero-order valence-corrected chi connectivity index (χ0v) is 15.6. The van der Waals surface area contributed by atoms with Gasteiger partial charge < -0.3 is 9.84 Å². The number of thiol groups is 1. The van der Waals surface area contributed by atoms with Gasteiger partial charge in [0.25, 0.3) is 0 Å². The Hall–Kier alpha value is 0.0100. The topological polar surface area (TPSA) is 29.5 Å². The summed E-state index contributed by atoms with van der Waals surface area (Å²) in [5.41, 5.74) is 0.584. The third kappa shape index (κ3) is 12.3. The quantitative estimate of drug-likeness (QED) is 0.280. The maximum absolute atomic E-state index is 9.52. The molecule has 0 aliphatic heterocycles. The van der Waals surface area contributed by atoms with Gasteiger partial charge >= 0.3 is 0 Å². The fourth-order valence-electron chi connectivity index (χ4n) is 2.44. The summed E-state index contributed by atoms with van der Waals surface area (Å²) in [5.74, 6) is 0.275. The van der Waals surface area contributed by atoms with Crippen molar-refractivity contribution in [2.24, 2.45) is 10.8 Å². The van der Waals surface area contributed by atoms with E-state index in [1.54, 1.807) is 0 Å². The van der Waals surface area contributed by atoms with E-state index in [-0.39, 0.29) is 11.4 Å². The second kappa shape index (κ2) is 10.7. The van der Waals surface area contributed by atoms with Gasteiger partial charge in [-0.1, -0.05) is 59.6 Å². The molecule has 0 heterocycles. The van der Waals surface area contributed by atoms with Crippen LogP contribution in [0, 0.1) is 10.8 Å². The largest absolute Gasteiger partial charge is 0.368 e. The molecule has 0 saturated carbocycles. The van der Waals surface area contributed by atoms with Crippen LogP contribution in [0.25, 0.3) is 0 Å². The number of unbranched alkanes of at least 4 members (excludes halogenated alkanes) is 1. The molecule has 0 fully saturated rings. The van der Waals surface area contributed by atoms with Crippen LogP contribution in [0.3, 0.4) is 0 Å². The molecule has 2 nitrogen and oxygen atoms in total. The molecule has 126 valence electrons. The van der Waals surface area contributed by atoms with E-state index in [0.717, 1.165) is 19.3 Å². The van der Waals surface area contributed by atoms with Gasteiger partial charge in [0.1, 0.15) is 0 Å². The molecule has 1 N–H and O–H groups in total. The third-order valence-corrected chi connectivity index (χ3v) is 4.13. The molecule has 0 bridgehead atoms. The average Bonchev–Trinajstić information content (AvgIpc) is 2.36. The number of aliphatic hydroxyl groups is 1. The van der Waals surface area contributed by atoms with Crippen molar-refractivity contribution in [1.82, 2.24) is 0 Å². The molecule has 0 rings (SSSR count). The van der Waals surface area contributed by atoms with Crippen molar-refractivity contribution in [1.29, 1.82) is 0 Å². The first-order chi connectivity index (χ1) is 9.72. The molecule has 0 spiro atoms. The highest BCUT2D eigenvalue weighted by Crippen LogP contribution is 2.30. The molecule has 0 amide bonds. The van der Waals surface area contributed by atoms with Gasteiger partial charge in [-0.25, -0.2) is 0 Å². The zero-order chi connectivity index (χ0) is 16.4. The number of ether oxygens (including phenoxy) is 1. The van der Waals surface area contributed by atoms with Gasteiger partial charge in [-0.3, -0.25) is 0 Å². The number of hydrogen-bond donors (Lipinski definition) is 2. The summed E-state index contributed by atoms with van der Waals surface area (Å²) in [6, 6.07) is 0. The number of aliphatic hydroxyl groups excluding tert-OH is 1. The van der Waals surface area contributed by atoms with Crippen LogP contribution < -0.4 is 0 Å². The van der Waals surface area contributed by atoms with Crippen molar-refractivity contribution in [3.8, 4) is 0 Å². The van der Waals surface area contributed by atoms with Gasteiger partial charge in [0.15, 0.2) is 6.29 Å². The summed E-state index contributed by atoms with van der Waals surface area (Å²) in [5, 5.41) is 9.52. The van der Waals surface area contributed by atoms with Gasteiger partial charge in [-0.15, -0.1) is 0 Å². The Morgan fingerprint density at radius 2 is 1.81 bits per heavy atom. The van der Waals surface area contributed by atoms with Crippen LogP contribution in [0.4, 0.5) is 0 Å². The first-order valence-electron chi connectivity index (χ1n) is 8.31. The predicted octanol–water partition coefficient (Wildman–Crippen LogP) is 5.57. The van der Waals surface area contributed by atoms with E-state index < -0.39 is 6.29 Å². The SMILES string of the molecule is CCCCC(C)(C)CC=CC(C)(C)CCCC(O)OCS. The Morgan fingerprint density at radius 1 is 1.14 bits per heavy atom. The molecular formula is C18H36O2S. The van der Waals surface area contributed by atoms with E-state index >= 15 is 0 Å². The molecule has 1 unspecified atom stereocenters. The van der Waals surface area contributed by atoms with Gasteiger partial charge in [0.2, 0.25) is 0 Å². The van der Waals surface area contributed by atoms with Crippen LogP contribution in [-0.4, -0.2) is 17.3 Å². The van der Waals surface area contributed by atoms with Gasteiger partial charge in [0.05, 0.1) is 5.94 Å². The first-order valence-corrected chi connectivity index (χ1v) is 8.94. The minimum absolute atomic E-state index is 0.182. The summed E-state index contributed by atoms with van der Waals surface area (Å²) < 4.78 is 5.02. The van der Waals surface area contributed by atoms with Crippen molar-refractivity contribution >= 4 is 12.6 Å². The number of hydrogen-bond acceptors (Lipinski definition) is 3. The average molecular weight is 317 g/mol. The molecule has 0 radical (unpaired) electrons. The predicted molar refractivity (Wildman–Crippen MR) is 95.6 cm³/mol. The standard InChI is InChI=1S/C18H36O2S/c1-6-7-11-17(2,3)13-9-14-18(4,5)12-8-10-16(19)20-15-21/h9,14,16,19,21H,6-8,10-13,15H2,1-5H3. The molecule has 0 saturated heterocycles. The Bertz CT molecular complexity index is 285. The summed E-state index contributed by atoms with van der Waals surface area (Å²) >= 11 is 3.94. The lowest BCUT2D eigenvalue weighted by Crippen LogP contribution is -2.14. The normalized spacial score (nSPS) is 14.8. The van der Waals surface area contributed by atoms with Crippen LogP contribution in [-0.2, 0) is 4.74 Å². The van der Waals surface area contributed by atoms with Crippen molar-refractivity contribution in [3.63, 3.8) is 0 Å². The highest BCUT2D eigenvalue weighted by molar-refractivity contribution is 7.80. The van der Waals surface area contributed by atoms with E-state index in [9.17, 15) is 5.11 Å². The van der Waals surface area contributed by atoms with E-state index in [1.165, 1.54) is 19.3 Å². The third-order valence-electron chi connectivity index (χ3n) is 3.99. The number of allylic oxidation sites excluding steroid dienone is 2. The molecule has 0 aromatic carbocycles. The summed E-state index contributed by atoms with van der Waals surface area (Å²) in [6.45, 7) is 11.5. The lowest BCUT2D eigenvalue weighted by molar-refractivity contribution is -0.0860. The van der Waals surface area contributed by atoms with Crippen LogP contribution in [0.15, 0.2) is 12.2 Å². The second-order valence-electron chi connectivity index (χ2n) is 7.51. The van der Waals surface area contributed by atoms with Gasteiger partial charge in [-0.05, 0) is 42.9 Å². The van der Waals surface area contributed by atoms with Crippen LogP contribution >= 0.6 is 12.6 Å². The maximum Gasteiger partial charge on any atom is 0.155 e. The Labute approximate surface area is 137 Å². The summed E-state index contributed by atoms with van der Waals surface area (Å²) in [7, 11) is 0. The molecular weight excluding hydrogens is 280 g/mol. The monoisotopic (exact) mass is 316 g/mol. The fourth-order valence-corrected chi connectivity index (χ4v) is 2.61. The van der Waals surface area contributed by atoms with Crippen molar-refractivity contribution in [2.45, 2.75) is 85.9 Å². The lowest BCUT2D eigenvalue weighted by Gasteiger charge is -2.25. The van der Waals surface area contributed by atoms with Crippen molar-refractivity contribution in [2.75, 3.05) is 5.94 Å². The zero-order valence-electron chi connectivity index (χ0n) is 14.7. The Balaban J connectivity index is 4.06.